The Labute approximate surface area is 184 Å². The Morgan fingerprint density at radius 3 is 2.29 bits per heavy atom. The van der Waals surface area contributed by atoms with Gasteiger partial charge in [-0.2, -0.15) is 0 Å². The number of carboxylic acids is 2. The molecule has 0 unspecified atom stereocenters. The summed E-state index contributed by atoms with van der Waals surface area (Å²) in [6, 6.07) is 13.7. The second-order valence-corrected chi connectivity index (χ2v) is 7.31. The number of aromatic hydroxyl groups is 1. The highest BCUT2D eigenvalue weighted by molar-refractivity contribution is 9.10. The van der Waals surface area contributed by atoms with Crippen LogP contribution in [0.2, 0.25) is 0 Å². The minimum atomic E-state index is -1.11. The number of methoxy groups -OCH3 is 1. The van der Waals surface area contributed by atoms with E-state index in [1.807, 2.05) is 12.1 Å². The van der Waals surface area contributed by atoms with Gasteiger partial charge in [0.25, 0.3) is 0 Å². The summed E-state index contributed by atoms with van der Waals surface area (Å²) in [5.74, 6) is -1.60. The molecule has 0 amide bonds. The number of carbonyl (C=O) groups is 2. The fraction of sp³-hybridized carbons (Fsp3) is 0.0909. The lowest BCUT2D eigenvalue weighted by atomic mass is 10.1. The Balaban J connectivity index is 0.000000176. The number of para-hydroxylation sites is 1. The predicted octanol–water partition coefficient (Wildman–Crippen LogP) is 4.65. The van der Waals surface area contributed by atoms with Crippen LogP contribution >= 0.6 is 15.9 Å². The second kappa shape index (κ2) is 8.97. The average molecular weight is 485 g/mol. The molecule has 0 fully saturated rings. The number of fused-ring (bicyclic) bond motifs is 2. The van der Waals surface area contributed by atoms with Crippen molar-refractivity contribution in [2.45, 2.75) is 6.92 Å². The monoisotopic (exact) mass is 484 g/mol. The van der Waals surface area contributed by atoms with E-state index >= 15 is 0 Å². The standard InChI is InChI=1S/C12H11NO3.C10H6BrNO3/c1-7-6-8-4-3-5-9(16-2)11(8)13-10(7)12(14)15;11-6-3-1-5-2-4-7(10(14)15)12-8(5)9(6)13/h3-6H,1-2H3,(H,14,15);1-4,13H,(H,14,15). The van der Waals surface area contributed by atoms with Crippen LogP contribution in [0.3, 0.4) is 0 Å². The van der Waals surface area contributed by atoms with Crippen LogP contribution in [0.1, 0.15) is 26.5 Å². The van der Waals surface area contributed by atoms with Gasteiger partial charge in [0.15, 0.2) is 11.4 Å². The highest BCUT2D eigenvalue weighted by Crippen LogP contribution is 2.31. The first-order valence-corrected chi connectivity index (χ1v) is 9.71. The number of phenolic OH excluding ortho intramolecular Hbond substituents is 1. The zero-order valence-corrected chi connectivity index (χ0v) is 18.0. The lowest BCUT2D eigenvalue weighted by Gasteiger charge is -2.07. The molecule has 31 heavy (non-hydrogen) atoms. The molecule has 0 aliphatic rings. The Kier molecular flexibility index (Phi) is 6.36. The SMILES string of the molecule is COc1cccc2cc(C)c(C(=O)O)nc12.O=C(O)c1ccc2ccc(Br)c(O)c2n1. The van der Waals surface area contributed by atoms with Crippen LogP contribution in [0.15, 0.2) is 53.0 Å². The number of benzene rings is 2. The third-order valence-electron chi connectivity index (χ3n) is 4.43. The summed E-state index contributed by atoms with van der Waals surface area (Å²) in [4.78, 5) is 29.6. The van der Waals surface area contributed by atoms with Crippen molar-refractivity contribution in [3.05, 3.63) is 70.0 Å². The maximum absolute atomic E-state index is 11.0. The summed E-state index contributed by atoms with van der Waals surface area (Å²) in [5, 5.41) is 29.0. The van der Waals surface area contributed by atoms with Crippen molar-refractivity contribution in [3.8, 4) is 11.5 Å². The van der Waals surface area contributed by atoms with Crippen LogP contribution in [0.4, 0.5) is 0 Å². The molecule has 0 aliphatic carbocycles. The molecule has 0 radical (unpaired) electrons. The topological polar surface area (TPSA) is 130 Å². The van der Waals surface area contributed by atoms with Crippen molar-refractivity contribution >= 4 is 49.7 Å². The molecule has 0 atom stereocenters. The van der Waals surface area contributed by atoms with E-state index in [2.05, 4.69) is 25.9 Å². The van der Waals surface area contributed by atoms with E-state index in [9.17, 15) is 14.7 Å². The Morgan fingerprint density at radius 2 is 1.65 bits per heavy atom. The third-order valence-corrected chi connectivity index (χ3v) is 5.07. The van der Waals surface area contributed by atoms with Gasteiger partial charge in [0, 0.05) is 10.8 Å². The van der Waals surface area contributed by atoms with Crippen LogP contribution in [-0.2, 0) is 0 Å². The molecule has 0 bridgehead atoms. The van der Waals surface area contributed by atoms with Gasteiger partial charge < -0.3 is 20.1 Å². The quantitative estimate of drug-likeness (QED) is 0.382. The van der Waals surface area contributed by atoms with E-state index in [0.717, 1.165) is 5.39 Å². The largest absolute Gasteiger partial charge is 0.505 e. The molecule has 0 saturated heterocycles. The molecule has 0 saturated carbocycles. The van der Waals surface area contributed by atoms with Gasteiger partial charge in [-0.3, -0.25) is 0 Å². The summed E-state index contributed by atoms with van der Waals surface area (Å²) < 4.78 is 5.64. The Hall–Kier alpha value is -3.72. The molecule has 158 valence electrons. The molecule has 9 heteroatoms. The van der Waals surface area contributed by atoms with Gasteiger partial charge in [-0.1, -0.05) is 24.3 Å². The number of aryl methyl sites for hydroxylation is 1. The minimum Gasteiger partial charge on any atom is -0.505 e. The Bertz CT molecular complexity index is 1320. The van der Waals surface area contributed by atoms with Gasteiger partial charge in [0.2, 0.25) is 0 Å². The highest BCUT2D eigenvalue weighted by atomic mass is 79.9. The third kappa shape index (κ3) is 4.56. The van der Waals surface area contributed by atoms with Crippen LogP contribution in [0, 0.1) is 6.92 Å². The number of carboxylic acid groups (broad SMARTS) is 2. The molecule has 4 aromatic rings. The van der Waals surface area contributed by atoms with Crippen molar-refractivity contribution in [3.63, 3.8) is 0 Å². The zero-order chi connectivity index (χ0) is 22.7. The van der Waals surface area contributed by atoms with E-state index in [4.69, 9.17) is 14.9 Å². The van der Waals surface area contributed by atoms with Crippen molar-refractivity contribution < 1.29 is 29.6 Å². The summed E-state index contributed by atoms with van der Waals surface area (Å²) >= 11 is 3.14. The predicted molar refractivity (Wildman–Crippen MR) is 118 cm³/mol. The molecule has 3 N–H and O–H groups in total. The number of ether oxygens (including phenoxy) is 1. The van der Waals surface area contributed by atoms with Gasteiger partial charge in [0.05, 0.1) is 11.6 Å². The van der Waals surface area contributed by atoms with Crippen LogP contribution in [0.25, 0.3) is 21.8 Å². The minimum absolute atomic E-state index is 0.0457. The van der Waals surface area contributed by atoms with Crippen molar-refractivity contribution in [2.24, 2.45) is 0 Å². The smallest absolute Gasteiger partial charge is 0.354 e. The van der Waals surface area contributed by atoms with Gasteiger partial charge >= 0.3 is 11.9 Å². The number of phenols is 1. The lowest BCUT2D eigenvalue weighted by Crippen LogP contribution is -2.04. The average Bonchev–Trinajstić information content (AvgIpc) is 2.75. The maximum atomic E-state index is 11.0. The number of aromatic carboxylic acids is 2. The number of pyridine rings is 2. The number of aromatic nitrogens is 2. The van der Waals surface area contributed by atoms with Crippen LogP contribution < -0.4 is 4.74 Å². The fourth-order valence-corrected chi connectivity index (χ4v) is 3.25. The van der Waals surface area contributed by atoms with Gasteiger partial charge in [-0.05, 0) is 52.7 Å². The molecule has 4 rings (SSSR count). The van der Waals surface area contributed by atoms with Crippen LogP contribution in [0.5, 0.6) is 11.5 Å². The summed E-state index contributed by atoms with van der Waals surface area (Å²) in [7, 11) is 1.54. The van der Waals surface area contributed by atoms with E-state index in [-0.39, 0.29) is 22.7 Å². The first-order valence-electron chi connectivity index (χ1n) is 8.92. The molecule has 8 nitrogen and oxygen atoms in total. The molecule has 2 aromatic heterocycles. The van der Waals surface area contributed by atoms with Crippen molar-refractivity contribution in [2.75, 3.05) is 7.11 Å². The second-order valence-electron chi connectivity index (χ2n) is 6.46. The van der Waals surface area contributed by atoms with E-state index < -0.39 is 11.9 Å². The van der Waals surface area contributed by atoms with E-state index in [1.165, 1.54) is 13.2 Å². The molecule has 2 heterocycles. The van der Waals surface area contributed by atoms with E-state index in [0.29, 0.717) is 26.7 Å². The summed E-state index contributed by atoms with van der Waals surface area (Å²) in [5.41, 5.74) is 1.48. The molecule has 0 aliphatic heterocycles. The summed E-state index contributed by atoms with van der Waals surface area (Å²) in [6.45, 7) is 1.73. The molecule has 2 aromatic carbocycles. The fourth-order valence-electron chi connectivity index (χ4n) is 2.93. The number of rotatable bonds is 3. The number of hydrogen-bond donors (Lipinski definition) is 3. The van der Waals surface area contributed by atoms with Gasteiger partial charge in [0.1, 0.15) is 22.5 Å². The maximum Gasteiger partial charge on any atom is 0.354 e. The molecular formula is C22H17BrN2O6. The number of nitrogens with zero attached hydrogens (tertiary/aromatic N) is 2. The van der Waals surface area contributed by atoms with Crippen molar-refractivity contribution in [1.29, 1.82) is 0 Å². The lowest BCUT2D eigenvalue weighted by molar-refractivity contribution is 0.0680. The Morgan fingerprint density at radius 1 is 0.935 bits per heavy atom. The van der Waals surface area contributed by atoms with Crippen LogP contribution in [-0.4, -0.2) is 44.3 Å². The highest BCUT2D eigenvalue weighted by Gasteiger charge is 2.12. The first-order chi connectivity index (χ1) is 14.7. The zero-order valence-electron chi connectivity index (χ0n) is 16.5. The normalized spacial score (nSPS) is 10.4. The molecular weight excluding hydrogens is 468 g/mol. The van der Waals surface area contributed by atoms with Gasteiger partial charge in [-0.15, -0.1) is 0 Å². The summed E-state index contributed by atoms with van der Waals surface area (Å²) in [6.07, 6.45) is 0. The first kappa shape index (κ1) is 22.0. The van der Waals surface area contributed by atoms with E-state index in [1.54, 1.807) is 37.3 Å². The van der Waals surface area contributed by atoms with Crippen molar-refractivity contribution in [1.82, 2.24) is 9.97 Å². The molecule has 0 spiro atoms. The van der Waals surface area contributed by atoms with Gasteiger partial charge in [-0.25, -0.2) is 19.6 Å². The number of hydrogen-bond acceptors (Lipinski definition) is 6. The number of halogens is 1.